The number of aromatic nitrogens is 1. The maximum Gasteiger partial charge on any atom is 0.267 e. The zero-order valence-electron chi connectivity index (χ0n) is 11.5. The van der Waals surface area contributed by atoms with E-state index in [1.54, 1.807) is 13.2 Å². The van der Waals surface area contributed by atoms with Crippen LogP contribution in [-0.2, 0) is 9.84 Å². The first-order chi connectivity index (χ1) is 9.98. The van der Waals surface area contributed by atoms with Gasteiger partial charge in [-0.05, 0) is 18.6 Å². The van der Waals surface area contributed by atoms with Crippen LogP contribution in [0.5, 0.6) is 5.75 Å². The number of rotatable bonds is 3. The van der Waals surface area contributed by atoms with Gasteiger partial charge in [0.25, 0.3) is 5.91 Å². The molecule has 1 aliphatic rings. The molecule has 2 heterocycles. The van der Waals surface area contributed by atoms with Crippen molar-refractivity contribution in [3.63, 3.8) is 0 Å². The van der Waals surface area contributed by atoms with E-state index in [1.807, 2.05) is 18.2 Å². The van der Waals surface area contributed by atoms with E-state index in [0.29, 0.717) is 17.9 Å². The monoisotopic (exact) mass is 308 g/mol. The van der Waals surface area contributed by atoms with Crippen molar-refractivity contribution in [2.45, 2.75) is 12.5 Å². The highest BCUT2D eigenvalue weighted by atomic mass is 32.2. The van der Waals surface area contributed by atoms with Gasteiger partial charge in [-0.3, -0.25) is 4.79 Å². The Morgan fingerprint density at radius 2 is 2.24 bits per heavy atom. The molecule has 3 rings (SSSR count). The maximum absolute atomic E-state index is 12.2. The van der Waals surface area contributed by atoms with E-state index in [0.717, 1.165) is 10.9 Å². The number of hydrogen-bond acceptors (Lipinski definition) is 4. The van der Waals surface area contributed by atoms with Gasteiger partial charge >= 0.3 is 0 Å². The molecular weight excluding hydrogens is 292 g/mol. The molecule has 1 fully saturated rings. The van der Waals surface area contributed by atoms with E-state index in [9.17, 15) is 13.2 Å². The standard InChI is InChI=1S/C14H16N2O4S/c1-20-12-4-2-3-9-7-11(16-13(9)12)14(17)15-10-5-6-21(18,19)8-10/h2-4,7,10,16H,5-6,8H2,1H3,(H,15,17). The summed E-state index contributed by atoms with van der Waals surface area (Å²) >= 11 is 0. The molecule has 0 spiro atoms. The average molecular weight is 308 g/mol. The third kappa shape index (κ3) is 2.73. The third-order valence-electron chi connectivity index (χ3n) is 3.65. The molecule has 0 radical (unpaired) electrons. The first-order valence-electron chi connectivity index (χ1n) is 6.65. The molecule has 2 N–H and O–H groups in total. The SMILES string of the molecule is COc1cccc2cc(C(=O)NC3CCS(=O)(=O)C3)[nH]c12. The van der Waals surface area contributed by atoms with Crippen LogP contribution >= 0.6 is 0 Å². The van der Waals surface area contributed by atoms with Crippen molar-refractivity contribution in [1.29, 1.82) is 0 Å². The Kier molecular flexibility index (Phi) is 3.36. The summed E-state index contributed by atoms with van der Waals surface area (Å²) in [5.41, 5.74) is 1.16. The van der Waals surface area contributed by atoms with Gasteiger partial charge in [0.2, 0.25) is 0 Å². The third-order valence-corrected chi connectivity index (χ3v) is 5.42. The van der Waals surface area contributed by atoms with Gasteiger partial charge in [-0.25, -0.2) is 8.42 Å². The van der Waals surface area contributed by atoms with Gasteiger partial charge in [0.05, 0.1) is 24.1 Å². The molecule has 1 atom stereocenters. The Hall–Kier alpha value is -2.02. The molecule has 1 aromatic carbocycles. The smallest absolute Gasteiger partial charge is 0.267 e. The van der Waals surface area contributed by atoms with Gasteiger partial charge in [0, 0.05) is 11.4 Å². The minimum Gasteiger partial charge on any atom is -0.495 e. The van der Waals surface area contributed by atoms with Crippen molar-refractivity contribution >= 4 is 26.6 Å². The number of ether oxygens (including phenoxy) is 1. The van der Waals surface area contributed by atoms with Crippen molar-refractivity contribution in [2.24, 2.45) is 0 Å². The second kappa shape index (κ2) is 5.07. The Balaban J connectivity index is 1.82. The summed E-state index contributed by atoms with van der Waals surface area (Å²) in [5, 5.41) is 3.63. The lowest BCUT2D eigenvalue weighted by atomic mass is 10.2. The fraction of sp³-hybridized carbons (Fsp3) is 0.357. The van der Waals surface area contributed by atoms with Gasteiger partial charge in [-0.15, -0.1) is 0 Å². The lowest BCUT2D eigenvalue weighted by Gasteiger charge is -2.09. The van der Waals surface area contributed by atoms with E-state index in [4.69, 9.17) is 4.74 Å². The first kappa shape index (κ1) is 13.9. The minimum absolute atomic E-state index is 0.0162. The summed E-state index contributed by atoms with van der Waals surface area (Å²) in [6, 6.07) is 6.96. The van der Waals surface area contributed by atoms with E-state index in [-0.39, 0.29) is 23.5 Å². The van der Waals surface area contributed by atoms with E-state index in [2.05, 4.69) is 10.3 Å². The second-order valence-electron chi connectivity index (χ2n) is 5.18. The second-order valence-corrected chi connectivity index (χ2v) is 7.41. The number of hydrogen-bond donors (Lipinski definition) is 2. The zero-order valence-corrected chi connectivity index (χ0v) is 12.4. The zero-order chi connectivity index (χ0) is 15.0. The fourth-order valence-electron chi connectivity index (χ4n) is 2.59. The Morgan fingerprint density at radius 1 is 1.43 bits per heavy atom. The molecule has 1 amide bonds. The van der Waals surface area contributed by atoms with Crippen LogP contribution in [0.1, 0.15) is 16.9 Å². The molecule has 21 heavy (non-hydrogen) atoms. The summed E-state index contributed by atoms with van der Waals surface area (Å²) in [4.78, 5) is 15.2. The highest BCUT2D eigenvalue weighted by molar-refractivity contribution is 7.91. The molecule has 1 saturated heterocycles. The van der Waals surface area contributed by atoms with Crippen LogP contribution in [0.2, 0.25) is 0 Å². The first-order valence-corrected chi connectivity index (χ1v) is 8.48. The molecule has 6 nitrogen and oxygen atoms in total. The number of amides is 1. The summed E-state index contributed by atoms with van der Waals surface area (Å²) in [6.07, 6.45) is 0.470. The van der Waals surface area contributed by atoms with Crippen molar-refractivity contribution in [3.05, 3.63) is 30.0 Å². The van der Waals surface area contributed by atoms with Gasteiger partial charge in [0.15, 0.2) is 9.84 Å². The minimum atomic E-state index is -3.00. The number of sulfone groups is 1. The molecular formula is C14H16N2O4S. The molecule has 7 heteroatoms. The summed E-state index contributed by atoms with van der Waals surface area (Å²) in [5.74, 6) is 0.520. The largest absolute Gasteiger partial charge is 0.495 e. The predicted molar refractivity (Wildman–Crippen MR) is 79.4 cm³/mol. The van der Waals surface area contributed by atoms with Gasteiger partial charge < -0.3 is 15.0 Å². The summed E-state index contributed by atoms with van der Waals surface area (Å²) in [7, 11) is -1.44. The fourth-order valence-corrected chi connectivity index (χ4v) is 4.27. The number of benzene rings is 1. The Bertz CT molecular complexity index is 794. The number of aromatic amines is 1. The molecule has 1 aromatic heterocycles. The lowest BCUT2D eigenvalue weighted by Crippen LogP contribution is -2.35. The lowest BCUT2D eigenvalue weighted by molar-refractivity contribution is 0.0937. The normalized spacial score (nSPS) is 20.5. The van der Waals surface area contributed by atoms with Crippen LogP contribution in [0.15, 0.2) is 24.3 Å². The topological polar surface area (TPSA) is 88.3 Å². The molecule has 1 unspecified atom stereocenters. The number of para-hydroxylation sites is 1. The summed E-state index contributed by atoms with van der Waals surface area (Å²) in [6.45, 7) is 0. The van der Waals surface area contributed by atoms with Crippen LogP contribution in [0.25, 0.3) is 10.9 Å². The number of nitrogens with one attached hydrogen (secondary N) is 2. The Morgan fingerprint density at radius 3 is 2.90 bits per heavy atom. The van der Waals surface area contributed by atoms with Crippen molar-refractivity contribution in [3.8, 4) is 5.75 Å². The van der Waals surface area contributed by atoms with Crippen LogP contribution in [0, 0.1) is 0 Å². The maximum atomic E-state index is 12.2. The number of carbonyl (C=O) groups is 1. The van der Waals surface area contributed by atoms with Gasteiger partial charge in [0.1, 0.15) is 11.4 Å². The number of fused-ring (bicyclic) bond motifs is 1. The van der Waals surface area contributed by atoms with Crippen LogP contribution in [0.3, 0.4) is 0 Å². The predicted octanol–water partition coefficient (Wildman–Crippen LogP) is 1.09. The molecule has 2 aromatic rings. The van der Waals surface area contributed by atoms with Gasteiger partial charge in [-0.2, -0.15) is 0 Å². The molecule has 112 valence electrons. The van der Waals surface area contributed by atoms with Crippen LogP contribution in [0.4, 0.5) is 0 Å². The number of methoxy groups -OCH3 is 1. The number of carbonyl (C=O) groups excluding carboxylic acids is 1. The van der Waals surface area contributed by atoms with Crippen LogP contribution in [-0.4, -0.2) is 44.0 Å². The Labute approximate surface area is 122 Å². The highest BCUT2D eigenvalue weighted by Crippen LogP contribution is 2.25. The van der Waals surface area contributed by atoms with Crippen molar-refractivity contribution in [1.82, 2.24) is 10.3 Å². The quantitative estimate of drug-likeness (QED) is 0.888. The van der Waals surface area contributed by atoms with Crippen molar-refractivity contribution < 1.29 is 17.9 Å². The number of H-pyrrole nitrogens is 1. The molecule has 0 saturated carbocycles. The van der Waals surface area contributed by atoms with E-state index in [1.165, 1.54) is 0 Å². The van der Waals surface area contributed by atoms with Crippen molar-refractivity contribution in [2.75, 3.05) is 18.6 Å². The molecule has 1 aliphatic heterocycles. The molecule has 0 bridgehead atoms. The summed E-state index contributed by atoms with van der Waals surface area (Å²) < 4.78 is 28.1. The van der Waals surface area contributed by atoms with E-state index >= 15 is 0 Å². The molecule has 0 aliphatic carbocycles. The van der Waals surface area contributed by atoms with Crippen LogP contribution < -0.4 is 10.1 Å². The van der Waals surface area contributed by atoms with E-state index < -0.39 is 9.84 Å². The highest BCUT2D eigenvalue weighted by Gasteiger charge is 2.29. The van der Waals surface area contributed by atoms with Gasteiger partial charge in [-0.1, -0.05) is 12.1 Å². The average Bonchev–Trinajstić information content (AvgIpc) is 3.01.